The van der Waals surface area contributed by atoms with Gasteiger partial charge < -0.3 is 10.2 Å². The highest BCUT2D eigenvalue weighted by Gasteiger charge is 2.48. The summed E-state index contributed by atoms with van der Waals surface area (Å²) in [6, 6.07) is 2.92. The molecular weight excluding hydrogens is 424 g/mol. The Bertz CT molecular complexity index is 871. The Kier molecular flexibility index (Phi) is 6.93. The molecule has 0 atom stereocenters. The molecule has 170 valence electrons. The molecule has 0 unspecified atom stereocenters. The fourth-order valence-corrected chi connectivity index (χ4v) is 5.03. The summed E-state index contributed by atoms with van der Waals surface area (Å²) in [5.41, 5.74) is -1.48. The zero-order valence-electron chi connectivity index (χ0n) is 17.5. The highest BCUT2D eigenvalue weighted by Crippen LogP contribution is 2.41. The van der Waals surface area contributed by atoms with Crippen molar-refractivity contribution in [3.8, 4) is 0 Å². The third kappa shape index (κ3) is 5.32. The van der Waals surface area contributed by atoms with Crippen LogP contribution in [0.25, 0.3) is 0 Å². The van der Waals surface area contributed by atoms with Gasteiger partial charge in [0.1, 0.15) is 0 Å². The van der Waals surface area contributed by atoms with Crippen molar-refractivity contribution in [2.75, 3.05) is 13.6 Å². The minimum absolute atomic E-state index is 0.0398. The van der Waals surface area contributed by atoms with E-state index < -0.39 is 31.5 Å². The van der Waals surface area contributed by atoms with Gasteiger partial charge in [0, 0.05) is 18.6 Å². The van der Waals surface area contributed by atoms with Gasteiger partial charge in [0.15, 0.2) is 0 Å². The topological polar surface area (TPSA) is 66.5 Å². The van der Waals surface area contributed by atoms with Crippen molar-refractivity contribution >= 4 is 15.7 Å². The van der Waals surface area contributed by atoms with E-state index in [1.165, 1.54) is 0 Å². The van der Waals surface area contributed by atoms with E-state index in [9.17, 15) is 26.4 Å². The molecule has 0 bridgehead atoms. The lowest BCUT2D eigenvalue weighted by molar-refractivity contribution is -0.137. The van der Waals surface area contributed by atoms with E-state index in [1.807, 2.05) is 20.8 Å². The summed E-state index contributed by atoms with van der Waals surface area (Å²) in [5, 5.41) is 0.394. The number of alkyl halides is 4. The third-order valence-electron chi connectivity index (χ3n) is 5.61. The van der Waals surface area contributed by atoms with Crippen LogP contribution >= 0.6 is 0 Å². The second kappa shape index (κ2) is 8.45. The monoisotopic (exact) mass is 452 g/mol. The number of nitrogens with one attached hydrogen (secondary N) is 1. The molecule has 30 heavy (non-hydrogen) atoms. The molecule has 0 aliphatic heterocycles. The fourth-order valence-electron chi connectivity index (χ4n) is 3.30. The quantitative estimate of drug-likeness (QED) is 0.688. The molecule has 5 nitrogen and oxygen atoms in total. The molecule has 1 fully saturated rings. The van der Waals surface area contributed by atoms with Crippen molar-refractivity contribution in [2.24, 2.45) is 0 Å². The second-order valence-corrected chi connectivity index (χ2v) is 10.9. The number of benzene rings is 1. The zero-order chi connectivity index (χ0) is 23.0. The van der Waals surface area contributed by atoms with Crippen LogP contribution in [0.15, 0.2) is 29.2 Å². The Balaban J connectivity index is 2.04. The molecule has 1 saturated carbocycles. The lowest BCUT2D eigenvalue weighted by Crippen LogP contribution is -2.49. The molecule has 0 spiro atoms. The minimum atomic E-state index is -4.72. The molecule has 1 aromatic carbocycles. The van der Waals surface area contributed by atoms with Crippen molar-refractivity contribution in [1.82, 2.24) is 10.2 Å². The molecule has 10 heteroatoms. The van der Waals surface area contributed by atoms with Crippen LogP contribution in [-0.4, -0.2) is 49.4 Å². The number of hydrogen-bond acceptors (Lipinski definition) is 4. The molecule has 1 aromatic rings. The molecular formula is C20H28F4N2O3S. The first-order chi connectivity index (χ1) is 13.6. The first kappa shape index (κ1) is 24.6. The van der Waals surface area contributed by atoms with Crippen molar-refractivity contribution in [3.63, 3.8) is 0 Å². The van der Waals surface area contributed by atoms with Crippen LogP contribution in [0.2, 0.25) is 0 Å². The summed E-state index contributed by atoms with van der Waals surface area (Å²) in [5.74, 6) is -0.142. The number of hydrogen-bond donors (Lipinski definition) is 1. The Morgan fingerprint density at radius 1 is 1.20 bits per heavy atom. The van der Waals surface area contributed by atoms with E-state index in [2.05, 4.69) is 5.32 Å². The number of rotatable bonds is 5. The smallest absolute Gasteiger partial charge is 0.340 e. The summed E-state index contributed by atoms with van der Waals surface area (Å²) >= 11 is 0. The van der Waals surface area contributed by atoms with Crippen molar-refractivity contribution in [2.45, 2.75) is 74.1 Å². The summed E-state index contributed by atoms with van der Waals surface area (Å²) in [6.45, 7) is 5.71. The Hall–Kier alpha value is -1.68. The lowest BCUT2D eigenvalue weighted by Gasteiger charge is -2.35. The van der Waals surface area contributed by atoms with Gasteiger partial charge in [-0.25, -0.2) is 12.8 Å². The lowest BCUT2D eigenvalue weighted by atomic mass is 9.93. The first-order valence-electron chi connectivity index (χ1n) is 9.69. The van der Waals surface area contributed by atoms with E-state index in [4.69, 9.17) is 0 Å². The molecule has 2 rings (SSSR count). The van der Waals surface area contributed by atoms with Gasteiger partial charge in [-0.2, -0.15) is 13.2 Å². The number of amides is 1. The maximum absolute atomic E-state index is 15.3. The predicted molar refractivity (Wildman–Crippen MR) is 105 cm³/mol. The van der Waals surface area contributed by atoms with Gasteiger partial charge in [0.2, 0.25) is 20.7 Å². The van der Waals surface area contributed by atoms with Gasteiger partial charge in [0.05, 0.1) is 17.0 Å². The van der Waals surface area contributed by atoms with Crippen LogP contribution in [0.5, 0.6) is 0 Å². The normalized spacial score (nSPS) is 23.3. The van der Waals surface area contributed by atoms with Crippen molar-refractivity contribution in [3.05, 3.63) is 29.8 Å². The zero-order valence-corrected chi connectivity index (χ0v) is 18.3. The highest BCUT2D eigenvalue weighted by molar-refractivity contribution is 7.92. The summed E-state index contributed by atoms with van der Waals surface area (Å²) in [4.78, 5) is 13.1. The van der Waals surface area contributed by atoms with E-state index in [1.54, 1.807) is 11.9 Å². The van der Waals surface area contributed by atoms with Gasteiger partial charge in [0.25, 0.3) is 0 Å². The molecule has 1 aliphatic carbocycles. The maximum atomic E-state index is 15.3. The Labute approximate surface area is 174 Å². The van der Waals surface area contributed by atoms with Crippen LogP contribution in [0.1, 0.15) is 52.0 Å². The molecule has 1 aliphatic rings. The Morgan fingerprint density at radius 2 is 1.77 bits per heavy atom. The fraction of sp³-hybridized carbons (Fsp3) is 0.650. The molecule has 0 radical (unpaired) electrons. The summed E-state index contributed by atoms with van der Waals surface area (Å²) in [6.07, 6.45) is -5.12. The van der Waals surface area contributed by atoms with Gasteiger partial charge >= 0.3 is 6.18 Å². The van der Waals surface area contributed by atoms with Crippen molar-refractivity contribution < 1.29 is 30.8 Å². The highest BCUT2D eigenvalue weighted by atomic mass is 32.2. The number of halogens is 4. The van der Waals surface area contributed by atoms with E-state index in [-0.39, 0.29) is 49.7 Å². The molecule has 1 N–H and O–H groups in total. The molecule has 0 heterocycles. The summed E-state index contributed by atoms with van der Waals surface area (Å²) < 4.78 is 79.5. The first-order valence-corrected chi connectivity index (χ1v) is 11.2. The van der Waals surface area contributed by atoms with Gasteiger partial charge in [-0.05, 0) is 64.7 Å². The molecule has 0 aromatic heterocycles. The average molecular weight is 453 g/mol. The van der Waals surface area contributed by atoms with Crippen LogP contribution in [0.3, 0.4) is 0 Å². The van der Waals surface area contributed by atoms with Crippen LogP contribution in [0, 0.1) is 0 Å². The predicted octanol–water partition coefficient (Wildman–Crippen LogP) is 3.93. The van der Waals surface area contributed by atoms with Crippen molar-refractivity contribution in [1.29, 1.82) is 0 Å². The Morgan fingerprint density at radius 3 is 2.27 bits per heavy atom. The van der Waals surface area contributed by atoms with E-state index in [0.29, 0.717) is 6.07 Å². The largest absolute Gasteiger partial charge is 0.416 e. The average Bonchev–Trinajstić information content (AvgIpc) is 2.65. The van der Waals surface area contributed by atoms with Crippen LogP contribution < -0.4 is 5.32 Å². The molecule has 1 amide bonds. The van der Waals surface area contributed by atoms with Crippen LogP contribution in [-0.2, 0) is 20.8 Å². The second-order valence-electron chi connectivity index (χ2n) is 8.69. The minimum Gasteiger partial charge on any atom is -0.340 e. The number of likely N-dealkylation sites (N-methyl/N-ethyl adjacent to an activating group) is 1. The number of carbonyl (C=O) groups excluding carboxylic acids is 1. The van der Waals surface area contributed by atoms with E-state index in [0.717, 1.165) is 18.2 Å². The van der Waals surface area contributed by atoms with Gasteiger partial charge in [-0.3, -0.25) is 4.79 Å². The van der Waals surface area contributed by atoms with Gasteiger partial charge in [-0.15, -0.1) is 0 Å². The SMILES string of the molecule is CN(C(=O)CN[C@H]1CC[C@](F)(S(=O)(=O)c2cccc(C(F)(F)F)c2)CC1)C(C)(C)C. The number of sulfone groups is 1. The van der Waals surface area contributed by atoms with Crippen LogP contribution in [0.4, 0.5) is 17.6 Å². The summed E-state index contributed by atoms with van der Waals surface area (Å²) in [7, 11) is -2.92. The molecule has 0 saturated heterocycles. The van der Waals surface area contributed by atoms with Gasteiger partial charge in [-0.1, -0.05) is 6.07 Å². The number of nitrogens with zero attached hydrogens (tertiary/aromatic N) is 1. The number of carbonyl (C=O) groups is 1. The maximum Gasteiger partial charge on any atom is 0.416 e. The van der Waals surface area contributed by atoms with E-state index >= 15 is 4.39 Å². The third-order valence-corrected chi connectivity index (χ3v) is 7.85. The standard InChI is InChI=1S/C20H28F4N2O3S/c1-18(2,3)26(4)17(27)13-25-15-8-10-19(21,11-9-15)30(28,29)16-7-5-6-14(12-16)20(22,23)24/h5-7,12,15,25H,8-11,13H2,1-4H3/t15-,19-.